The number of carbonyl (C=O) groups is 1. The standard InChI is InChI=1S/C60H67N3O10S/c1-2-34-71-60-55(62(41-45-18-14-17-43-15-6-7-21-49(43)45)56(66)31-26-42-24-27-46(28-25-42)63(67)68)40-53(61-73-57-23-10-13-35-70-57)51-38-44(16-8-11-32-64)50(22-9-12-33-65)58(59(51)60)52-39-47(29-30-54(52)72-60)69-36-37-74-48-19-4-3-5-20-48/h2-7,14-15,17-21,24-31,38-39,44,50,55,57-59,64-65H,1,8-13,16,22-23,32-37,40-41H2/t44-,50+,55-,57?,58+,59+,60+/m0/s1. The highest BCUT2D eigenvalue weighted by Gasteiger charge is 2.65. The van der Waals surface area contributed by atoms with Crippen LogP contribution in [-0.2, 0) is 25.7 Å². The average Bonchev–Trinajstić information content (AvgIpc) is 3.47. The summed E-state index contributed by atoms with van der Waals surface area (Å²) in [7, 11) is 0. The smallest absolute Gasteiger partial charge is 0.269 e. The van der Waals surface area contributed by atoms with E-state index in [9.17, 15) is 20.3 Å². The van der Waals surface area contributed by atoms with Crippen molar-refractivity contribution in [2.24, 2.45) is 22.9 Å². The van der Waals surface area contributed by atoms with Gasteiger partial charge < -0.3 is 38.9 Å². The predicted octanol–water partition coefficient (Wildman–Crippen LogP) is 11.8. The predicted molar refractivity (Wildman–Crippen MR) is 289 cm³/mol. The second-order valence-electron chi connectivity index (χ2n) is 19.5. The summed E-state index contributed by atoms with van der Waals surface area (Å²) in [6.45, 7) is 5.59. The van der Waals surface area contributed by atoms with Crippen molar-refractivity contribution in [1.29, 1.82) is 0 Å². The second kappa shape index (κ2) is 25.3. The number of allylic oxidation sites excluding steroid dienone is 1. The van der Waals surface area contributed by atoms with Crippen molar-refractivity contribution in [3.8, 4) is 11.5 Å². The topological polar surface area (TPSA) is 162 Å². The number of hydrogen-bond donors (Lipinski definition) is 2. The molecule has 14 heteroatoms. The summed E-state index contributed by atoms with van der Waals surface area (Å²) >= 11 is 1.74. The number of rotatable bonds is 24. The quantitative estimate of drug-likeness (QED) is 0.0151. The number of unbranched alkanes of at least 4 members (excludes halogenated alkanes) is 2. The van der Waals surface area contributed by atoms with E-state index in [1.54, 1.807) is 36.0 Å². The van der Waals surface area contributed by atoms with Gasteiger partial charge in [0.2, 0.25) is 18.0 Å². The summed E-state index contributed by atoms with van der Waals surface area (Å²) in [6, 6.07) is 35.8. The third-order valence-electron chi connectivity index (χ3n) is 14.8. The Morgan fingerprint density at radius 1 is 0.932 bits per heavy atom. The molecule has 5 aromatic rings. The number of non-ortho nitro benzene ring substituents is 1. The maximum Gasteiger partial charge on any atom is 0.269 e. The number of nitrogens with zero attached hydrogens (tertiary/aromatic N) is 3. The van der Waals surface area contributed by atoms with Crippen molar-refractivity contribution in [2.45, 2.75) is 99.7 Å². The lowest BCUT2D eigenvalue weighted by atomic mass is 9.55. The summed E-state index contributed by atoms with van der Waals surface area (Å²) in [6.07, 6.45) is 14.0. The molecule has 4 aliphatic rings. The van der Waals surface area contributed by atoms with Crippen LogP contribution in [-0.4, -0.2) is 88.6 Å². The number of aliphatic hydroxyl groups is 2. The number of oxime groups is 1. The van der Waals surface area contributed by atoms with E-state index in [2.05, 4.69) is 49.1 Å². The first kappa shape index (κ1) is 52.6. The van der Waals surface area contributed by atoms with Crippen LogP contribution in [0.25, 0.3) is 16.8 Å². The van der Waals surface area contributed by atoms with Crippen LogP contribution in [0.4, 0.5) is 5.69 Å². The summed E-state index contributed by atoms with van der Waals surface area (Å²) in [5, 5.41) is 38.9. The Hall–Kier alpha value is -6.29. The molecule has 0 bridgehead atoms. The summed E-state index contributed by atoms with van der Waals surface area (Å²) in [5.74, 6) is -0.500. The van der Waals surface area contributed by atoms with Crippen molar-refractivity contribution < 1.29 is 43.7 Å². The molecule has 2 aliphatic heterocycles. The van der Waals surface area contributed by atoms with Crippen LogP contribution in [0.15, 0.2) is 156 Å². The number of amides is 1. The van der Waals surface area contributed by atoms with Gasteiger partial charge in [0.15, 0.2) is 0 Å². The molecule has 13 nitrogen and oxygen atoms in total. The van der Waals surface area contributed by atoms with E-state index in [1.807, 2.05) is 59.5 Å². The minimum absolute atomic E-state index is 0.0130. The highest BCUT2D eigenvalue weighted by molar-refractivity contribution is 7.99. The summed E-state index contributed by atoms with van der Waals surface area (Å²) in [5.41, 5.74) is 4.05. The fraction of sp³-hybridized carbons (Fsp3) is 0.400. The number of ether oxygens (including phenoxy) is 4. The zero-order valence-electron chi connectivity index (χ0n) is 41.9. The molecule has 2 N–H and O–H groups in total. The molecule has 0 radical (unpaired) electrons. The molecule has 5 aromatic carbocycles. The first-order valence-corrected chi connectivity index (χ1v) is 27.1. The monoisotopic (exact) mass is 1020 g/mol. The average molecular weight is 1020 g/mol. The number of fused-ring (bicyclic) bond motifs is 3. The van der Waals surface area contributed by atoms with Gasteiger partial charge in [-0.1, -0.05) is 90.8 Å². The molecular formula is C60H67N3O10S. The summed E-state index contributed by atoms with van der Waals surface area (Å²) in [4.78, 5) is 36.1. The lowest BCUT2D eigenvalue weighted by Crippen LogP contribution is -2.70. The van der Waals surface area contributed by atoms with E-state index in [1.165, 1.54) is 23.1 Å². The number of aliphatic hydroxyl groups excluding tert-OH is 2. The Morgan fingerprint density at radius 2 is 1.72 bits per heavy atom. The molecule has 74 heavy (non-hydrogen) atoms. The molecule has 2 heterocycles. The first-order chi connectivity index (χ1) is 36.3. The van der Waals surface area contributed by atoms with Crippen molar-refractivity contribution in [2.75, 3.05) is 38.8 Å². The van der Waals surface area contributed by atoms with Gasteiger partial charge in [-0.05, 0) is 126 Å². The van der Waals surface area contributed by atoms with Crippen LogP contribution < -0.4 is 9.47 Å². The van der Waals surface area contributed by atoms with Crippen LogP contribution in [0, 0.1) is 27.9 Å². The third-order valence-corrected chi connectivity index (χ3v) is 15.8. The van der Waals surface area contributed by atoms with Gasteiger partial charge in [0.25, 0.3) is 5.69 Å². The van der Waals surface area contributed by atoms with Crippen LogP contribution in [0.2, 0.25) is 0 Å². The molecule has 7 atom stereocenters. The van der Waals surface area contributed by atoms with Crippen LogP contribution in [0.3, 0.4) is 0 Å². The van der Waals surface area contributed by atoms with E-state index < -0.39 is 29.0 Å². The number of thioether (sulfide) groups is 1. The molecule has 0 aromatic heterocycles. The van der Waals surface area contributed by atoms with Gasteiger partial charge in [-0.25, -0.2) is 0 Å². The van der Waals surface area contributed by atoms with Crippen LogP contribution in [0.1, 0.15) is 86.8 Å². The molecule has 2 fully saturated rings. The van der Waals surface area contributed by atoms with E-state index in [0.717, 1.165) is 71.8 Å². The van der Waals surface area contributed by atoms with Gasteiger partial charge in [0, 0.05) is 72.9 Å². The third kappa shape index (κ3) is 12.1. The van der Waals surface area contributed by atoms with Crippen molar-refractivity contribution >= 4 is 45.9 Å². The second-order valence-corrected chi connectivity index (χ2v) is 20.6. The van der Waals surface area contributed by atoms with Gasteiger partial charge in [-0.3, -0.25) is 14.9 Å². The van der Waals surface area contributed by atoms with E-state index in [0.29, 0.717) is 55.3 Å². The number of nitro benzene ring substituents is 1. The Bertz CT molecular complexity index is 2790. The Balaban J connectivity index is 1.22. The number of nitro groups is 1. The number of benzene rings is 5. The Labute approximate surface area is 438 Å². The first-order valence-electron chi connectivity index (χ1n) is 26.2. The highest BCUT2D eigenvalue weighted by Crippen LogP contribution is 2.62. The Morgan fingerprint density at radius 3 is 2.49 bits per heavy atom. The number of hydrogen-bond acceptors (Lipinski definition) is 12. The SMILES string of the molecule is C=CCO[C@@]12Oc3ccc(OCCSc4ccccc4)cc3[C@H]3[C@H](CCCCO)[C@@H](CCCCO)C=C(C(=NOC4CCCCO4)C[C@@H]1N(Cc1cccc4ccccc14)C(=O)C=Cc1ccc([N+](=O)[O-])cc1)[C@H]32. The molecule has 2 aliphatic carbocycles. The van der Waals surface area contributed by atoms with Crippen molar-refractivity contribution in [3.05, 3.63) is 172 Å². The largest absolute Gasteiger partial charge is 0.493 e. The zero-order valence-corrected chi connectivity index (χ0v) is 42.7. The molecule has 1 unspecified atom stereocenters. The molecule has 0 spiro atoms. The maximum absolute atomic E-state index is 15.6. The van der Waals surface area contributed by atoms with Crippen molar-refractivity contribution in [3.63, 3.8) is 0 Å². The van der Waals surface area contributed by atoms with Crippen LogP contribution >= 0.6 is 11.8 Å². The van der Waals surface area contributed by atoms with Crippen molar-refractivity contribution in [1.82, 2.24) is 4.90 Å². The molecule has 1 saturated carbocycles. The molecule has 388 valence electrons. The lowest BCUT2D eigenvalue weighted by Gasteiger charge is -2.60. The van der Waals surface area contributed by atoms with E-state index in [4.69, 9.17) is 28.9 Å². The minimum Gasteiger partial charge on any atom is -0.493 e. The Kier molecular flexibility index (Phi) is 18.0. The normalized spacial score (nSPS) is 23.6. The number of carbonyl (C=O) groups excluding carboxylic acids is 1. The van der Waals surface area contributed by atoms with Gasteiger partial charge in [0.1, 0.15) is 17.5 Å². The van der Waals surface area contributed by atoms with E-state index >= 15 is 4.79 Å². The molecule has 1 saturated heterocycles. The fourth-order valence-corrected chi connectivity index (χ4v) is 12.2. The molecule has 9 rings (SSSR count). The molecular weight excluding hydrogens is 955 g/mol. The fourth-order valence-electron chi connectivity index (χ4n) is 11.4. The summed E-state index contributed by atoms with van der Waals surface area (Å²) < 4.78 is 27.5. The van der Waals surface area contributed by atoms with Gasteiger partial charge >= 0.3 is 0 Å². The molecule has 1 amide bonds. The highest BCUT2D eigenvalue weighted by atomic mass is 32.2. The lowest BCUT2D eigenvalue weighted by molar-refractivity contribution is -0.384. The maximum atomic E-state index is 15.6. The van der Waals surface area contributed by atoms with Gasteiger partial charge in [-0.2, -0.15) is 0 Å². The van der Waals surface area contributed by atoms with Gasteiger partial charge in [-0.15, -0.1) is 18.3 Å². The van der Waals surface area contributed by atoms with E-state index in [-0.39, 0.29) is 62.1 Å². The van der Waals surface area contributed by atoms with Gasteiger partial charge in [0.05, 0.1) is 36.4 Å². The zero-order chi connectivity index (χ0) is 51.3. The van der Waals surface area contributed by atoms with Crippen LogP contribution in [0.5, 0.6) is 11.5 Å². The minimum atomic E-state index is -1.51.